The van der Waals surface area contributed by atoms with Crippen molar-refractivity contribution in [3.05, 3.63) is 41.2 Å². The summed E-state index contributed by atoms with van der Waals surface area (Å²) in [5, 5.41) is 0. The van der Waals surface area contributed by atoms with Crippen LogP contribution in [0.4, 0.5) is 5.69 Å². The molecule has 1 aliphatic rings. The highest BCUT2D eigenvalue weighted by Gasteiger charge is 2.10. The molecule has 0 unspecified atom stereocenters. The van der Waals surface area contributed by atoms with Gasteiger partial charge in [-0.25, -0.2) is 4.85 Å². The number of rotatable bonds is 2. The van der Waals surface area contributed by atoms with E-state index in [9.17, 15) is 0 Å². The summed E-state index contributed by atoms with van der Waals surface area (Å²) in [6, 6.07) is 7.96. The summed E-state index contributed by atoms with van der Waals surface area (Å²) < 4.78 is 0. The highest BCUT2D eigenvalue weighted by Crippen LogP contribution is 2.17. The maximum absolute atomic E-state index is 6.97. The van der Waals surface area contributed by atoms with E-state index in [0.717, 1.165) is 12.2 Å². The second-order valence-electron chi connectivity index (χ2n) is 4.12. The SMILES string of the molecule is [C-]#[N+]c1cccc(CN2CCCCC2)c1. The first-order chi connectivity index (χ1) is 7.38. The Kier molecular flexibility index (Phi) is 3.37. The van der Waals surface area contributed by atoms with Gasteiger partial charge in [0.15, 0.2) is 5.69 Å². The Bertz CT molecular complexity index is 359. The maximum atomic E-state index is 6.97. The van der Waals surface area contributed by atoms with Crippen LogP contribution in [0.25, 0.3) is 4.85 Å². The lowest BCUT2D eigenvalue weighted by Gasteiger charge is -2.26. The molecule has 0 amide bonds. The third kappa shape index (κ3) is 2.81. The Labute approximate surface area is 91.3 Å². The van der Waals surface area contributed by atoms with Crippen molar-refractivity contribution >= 4 is 5.69 Å². The third-order valence-corrected chi connectivity index (χ3v) is 2.89. The van der Waals surface area contributed by atoms with Crippen LogP contribution in [-0.2, 0) is 6.54 Å². The van der Waals surface area contributed by atoms with Gasteiger partial charge in [-0.3, -0.25) is 4.90 Å². The van der Waals surface area contributed by atoms with Crippen molar-refractivity contribution in [2.24, 2.45) is 0 Å². The molecule has 1 aromatic rings. The Morgan fingerprint density at radius 1 is 1.20 bits per heavy atom. The van der Waals surface area contributed by atoms with Gasteiger partial charge in [0.05, 0.1) is 6.57 Å². The highest BCUT2D eigenvalue weighted by molar-refractivity contribution is 5.46. The fourth-order valence-corrected chi connectivity index (χ4v) is 2.10. The molecule has 15 heavy (non-hydrogen) atoms. The molecule has 2 nitrogen and oxygen atoms in total. The first-order valence-electron chi connectivity index (χ1n) is 5.57. The topological polar surface area (TPSA) is 7.60 Å². The number of piperidine rings is 1. The number of nitrogens with zero attached hydrogens (tertiary/aromatic N) is 2. The van der Waals surface area contributed by atoms with E-state index >= 15 is 0 Å². The van der Waals surface area contributed by atoms with Crippen molar-refractivity contribution in [3.8, 4) is 0 Å². The van der Waals surface area contributed by atoms with Gasteiger partial charge in [0.1, 0.15) is 0 Å². The van der Waals surface area contributed by atoms with Gasteiger partial charge in [-0.05, 0) is 31.5 Å². The minimum atomic E-state index is 0.754. The molecule has 2 rings (SSSR count). The molecule has 1 aliphatic heterocycles. The van der Waals surface area contributed by atoms with Gasteiger partial charge in [-0.15, -0.1) is 0 Å². The molecule has 0 bridgehead atoms. The molecule has 0 spiro atoms. The molecule has 0 aromatic heterocycles. The van der Waals surface area contributed by atoms with Crippen molar-refractivity contribution in [2.75, 3.05) is 13.1 Å². The Hall–Kier alpha value is -1.33. The first-order valence-corrected chi connectivity index (χ1v) is 5.57. The van der Waals surface area contributed by atoms with E-state index in [1.807, 2.05) is 18.2 Å². The lowest BCUT2D eigenvalue weighted by molar-refractivity contribution is 0.221. The molecular formula is C13H16N2. The Morgan fingerprint density at radius 2 is 2.00 bits per heavy atom. The van der Waals surface area contributed by atoms with Crippen LogP contribution in [0.3, 0.4) is 0 Å². The van der Waals surface area contributed by atoms with Gasteiger partial charge in [0.2, 0.25) is 0 Å². The van der Waals surface area contributed by atoms with E-state index < -0.39 is 0 Å². The quantitative estimate of drug-likeness (QED) is 0.665. The summed E-state index contributed by atoms with van der Waals surface area (Å²) in [6.07, 6.45) is 4.02. The summed E-state index contributed by atoms with van der Waals surface area (Å²) in [5.74, 6) is 0. The molecule has 0 saturated carbocycles. The van der Waals surface area contributed by atoms with Crippen LogP contribution >= 0.6 is 0 Å². The summed E-state index contributed by atoms with van der Waals surface area (Å²) >= 11 is 0. The highest BCUT2D eigenvalue weighted by atomic mass is 15.1. The van der Waals surface area contributed by atoms with Crippen molar-refractivity contribution in [2.45, 2.75) is 25.8 Å². The number of benzene rings is 1. The fraction of sp³-hybridized carbons (Fsp3) is 0.462. The smallest absolute Gasteiger partial charge is 0.187 e. The molecule has 0 radical (unpaired) electrons. The van der Waals surface area contributed by atoms with Crippen LogP contribution in [0.5, 0.6) is 0 Å². The average molecular weight is 200 g/mol. The van der Waals surface area contributed by atoms with E-state index in [1.54, 1.807) is 0 Å². The second kappa shape index (κ2) is 4.95. The van der Waals surface area contributed by atoms with Gasteiger partial charge in [-0.2, -0.15) is 0 Å². The molecule has 0 aliphatic carbocycles. The summed E-state index contributed by atoms with van der Waals surface area (Å²) in [6.45, 7) is 10.4. The molecule has 0 atom stereocenters. The van der Waals surface area contributed by atoms with Crippen LogP contribution in [0, 0.1) is 6.57 Å². The zero-order valence-corrected chi connectivity index (χ0v) is 8.95. The molecule has 1 aromatic carbocycles. The summed E-state index contributed by atoms with van der Waals surface area (Å²) in [5.41, 5.74) is 2.02. The minimum Gasteiger partial charge on any atom is -0.299 e. The second-order valence-corrected chi connectivity index (χ2v) is 4.12. The van der Waals surface area contributed by atoms with Crippen molar-refractivity contribution in [3.63, 3.8) is 0 Å². The van der Waals surface area contributed by atoms with Crippen LogP contribution < -0.4 is 0 Å². The normalized spacial score (nSPS) is 17.3. The maximum Gasteiger partial charge on any atom is 0.187 e. The van der Waals surface area contributed by atoms with E-state index in [0.29, 0.717) is 0 Å². The predicted molar refractivity (Wildman–Crippen MR) is 61.8 cm³/mol. The Morgan fingerprint density at radius 3 is 2.73 bits per heavy atom. The number of hydrogen-bond acceptors (Lipinski definition) is 1. The van der Waals surface area contributed by atoms with Crippen LogP contribution in [0.15, 0.2) is 24.3 Å². The molecule has 0 N–H and O–H groups in total. The molecular weight excluding hydrogens is 184 g/mol. The largest absolute Gasteiger partial charge is 0.299 e. The fourth-order valence-electron chi connectivity index (χ4n) is 2.10. The van der Waals surface area contributed by atoms with Crippen LogP contribution in [-0.4, -0.2) is 18.0 Å². The Balaban J connectivity index is 2.00. The van der Waals surface area contributed by atoms with E-state index in [4.69, 9.17) is 6.57 Å². The van der Waals surface area contributed by atoms with E-state index in [1.165, 1.54) is 37.9 Å². The van der Waals surface area contributed by atoms with Crippen LogP contribution in [0.1, 0.15) is 24.8 Å². The van der Waals surface area contributed by atoms with Gasteiger partial charge in [-0.1, -0.05) is 30.7 Å². The van der Waals surface area contributed by atoms with Crippen molar-refractivity contribution in [1.29, 1.82) is 0 Å². The zero-order chi connectivity index (χ0) is 10.5. The third-order valence-electron chi connectivity index (χ3n) is 2.89. The van der Waals surface area contributed by atoms with Gasteiger partial charge in [0, 0.05) is 6.54 Å². The van der Waals surface area contributed by atoms with Crippen LogP contribution in [0.2, 0.25) is 0 Å². The summed E-state index contributed by atoms with van der Waals surface area (Å²) in [4.78, 5) is 5.93. The number of likely N-dealkylation sites (tertiary alicyclic amines) is 1. The average Bonchev–Trinajstić information content (AvgIpc) is 2.31. The standard InChI is InChI=1S/C13H16N2/c1-14-13-7-5-6-12(10-13)11-15-8-3-2-4-9-15/h5-7,10H,2-4,8-9,11H2. The lowest BCUT2D eigenvalue weighted by atomic mass is 10.1. The van der Waals surface area contributed by atoms with Gasteiger partial charge in [0.25, 0.3) is 0 Å². The predicted octanol–water partition coefficient (Wildman–Crippen LogP) is 3.22. The van der Waals surface area contributed by atoms with E-state index in [-0.39, 0.29) is 0 Å². The molecule has 1 saturated heterocycles. The monoisotopic (exact) mass is 200 g/mol. The summed E-state index contributed by atoms with van der Waals surface area (Å²) in [7, 11) is 0. The molecule has 1 fully saturated rings. The first kappa shape index (κ1) is 10.2. The molecule has 2 heteroatoms. The molecule has 78 valence electrons. The minimum absolute atomic E-state index is 0.754. The molecule has 1 heterocycles. The zero-order valence-electron chi connectivity index (χ0n) is 8.95. The number of hydrogen-bond donors (Lipinski definition) is 0. The van der Waals surface area contributed by atoms with Crippen molar-refractivity contribution in [1.82, 2.24) is 4.90 Å². The van der Waals surface area contributed by atoms with Gasteiger partial charge < -0.3 is 0 Å². The van der Waals surface area contributed by atoms with Gasteiger partial charge >= 0.3 is 0 Å². The van der Waals surface area contributed by atoms with E-state index in [2.05, 4.69) is 15.8 Å². The lowest BCUT2D eigenvalue weighted by Crippen LogP contribution is -2.28. The van der Waals surface area contributed by atoms with Crippen molar-refractivity contribution < 1.29 is 0 Å².